The van der Waals surface area contributed by atoms with Crippen LogP contribution in [0.25, 0.3) is 16.9 Å². The molecule has 0 bridgehead atoms. The highest BCUT2D eigenvalue weighted by Crippen LogP contribution is 2.25. The van der Waals surface area contributed by atoms with Crippen LogP contribution < -0.4 is 15.6 Å². The molecular weight excluding hydrogens is 351 g/mol. The molecule has 0 aliphatic rings. The average molecular weight is 372 g/mol. The molecule has 2 heterocycles. The molecule has 0 radical (unpaired) electrons. The molecular formula is C19H21FN4O3. The molecule has 0 saturated carbocycles. The van der Waals surface area contributed by atoms with Crippen molar-refractivity contribution in [1.29, 1.82) is 0 Å². The van der Waals surface area contributed by atoms with Gasteiger partial charge in [-0.05, 0) is 25.5 Å². The summed E-state index contributed by atoms with van der Waals surface area (Å²) in [6, 6.07) is 4.41. The monoisotopic (exact) mass is 372 g/mol. The zero-order chi connectivity index (χ0) is 19.7. The Hall–Kier alpha value is -3.16. The molecule has 0 saturated heterocycles. The van der Waals surface area contributed by atoms with Crippen LogP contribution in [0.3, 0.4) is 0 Å². The molecule has 7 nitrogen and oxygen atoms in total. The van der Waals surface area contributed by atoms with Gasteiger partial charge in [-0.25, -0.2) is 9.37 Å². The second-order valence-corrected chi connectivity index (χ2v) is 6.36. The Bertz CT molecular complexity index is 1070. The summed E-state index contributed by atoms with van der Waals surface area (Å²) in [6.45, 7) is 3.84. The molecule has 142 valence electrons. The van der Waals surface area contributed by atoms with Gasteiger partial charge in [0.25, 0.3) is 11.5 Å². The lowest BCUT2D eigenvalue weighted by molar-refractivity contribution is 0.0935. The first-order chi connectivity index (χ1) is 12.8. The van der Waals surface area contributed by atoms with E-state index in [0.29, 0.717) is 11.4 Å². The van der Waals surface area contributed by atoms with E-state index in [1.54, 1.807) is 18.3 Å². The van der Waals surface area contributed by atoms with Crippen molar-refractivity contribution in [3.8, 4) is 17.0 Å². The second kappa shape index (κ2) is 7.22. The Morgan fingerprint density at radius 1 is 1.37 bits per heavy atom. The molecule has 3 aromatic rings. The quantitative estimate of drug-likeness (QED) is 0.746. The standard InChI is InChI=1S/C19H21FN4O3/c1-5-11(2)21-18(25)15-9-24-10-16(23(3)19(26)17(24)22-15)13-7-6-12(27-4)8-14(13)20/h6-11H,5H2,1-4H3,(H,21,25)/t11-/m0/s1. The Labute approximate surface area is 155 Å². The van der Waals surface area contributed by atoms with Crippen molar-refractivity contribution in [1.82, 2.24) is 19.3 Å². The number of imidazole rings is 1. The van der Waals surface area contributed by atoms with Crippen LogP contribution in [0.15, 0.2) is 35.4 Å². The Kier molecular flexibility index (Phi) is 4.98. The summed E-state index contributed by atoms with van der Waals surface area (Å²) >= 11 is 0. The topological polar surface area (TPSA) is 77.6 Å². The van der Waals surface area contributed by atoms with Gasteiger partial charge < -0.3 is 14.6 Å². The van der Waals surface area contributed by atoms with Crippen LogP contribution in [-0.4, -0.2) is 33.0 Å². The molecule has 2 aromatic heterocycles. The van der Waals surface area contributed by atoms with Crippen LogP contribution >= 0.6 is 0 Å². The van der Waals surface area contributed by atoms with E-state index in [-0.39, 0.29) is 28.9 Å². The lowest BCUT2D eigenvalue weighted by Crippen LogP contribution is -2.32. The van der Waals surface area contributed by atoms with Gasteiger partial charge in [-0.3, -0.25) is 14.0 Å². The summed E-state index contributed by atoms with van der Waals surface area (Å²) in [5.74, 6) is -0.486. The highest BCUT2D eigenvalue weighted by Gasteiger charge is 2.18. The molecule has 0 unspecified atom stereocenters. The fourth-order valence-electron chi connectivity index (χ4n) is 2.72. The van der Waals surface area contributed by atoms with E-state index in [0.717, 1.165) is 6.42 Å². The van der Waals surface area contributed by atoms with Crippen LogP contribution in [0, 0.1) is 5.82 Å². The molecule has 1 N–H and O–H groups in total. The maximum atomic E-state index is 14.5. The van der Waals surface area contributed by atoms with Crippen molar-refractivity contribution in [3.05, 3.63) is 52.5 Å². The minimum Gasteiger partial charge on any atom is -0.497 e. The maximum Gasteiger partial charge on any atom is 0.294 e. The summed E-state index contributed by atoms with van der Waals surface area (Å²) in [5, 5.41) is 2.81. The molecule has 0 aliphatic carbocycles. The van der Waals surface area contributed by atoms with Gasteiger partial charge in [-0.15, -0.1) is 0 Å². The molecule has 1 atom stereocenters. The highest BCUT2D eigenvalue weighted by molar-refractivity contribution is 5.93. The van der Waals surface area contributed by atoms with Crippen LogP contribution in [0.1, 0.15) is 30.8 Å². The van der Waals surface area contributed by atoms with Crippen LogP contribution in [0.2, 0.25) is 0 Å². The molecule has 0 fully saturated rings. The zero-order valence-electron chi connectivity index (χ0n) is 15.6. The van der Waals surface area contributed by atoms with Crippen LogP contribution in [-0.2, 0) is 7.05 Å². The van der Waals surface area contributed by atoms with Gasteiger partial charge in [0.1, 0.15) is 17.3 Å². The number of carbonyl (C=O) groups excluding carboxylic acids is 1. The van der Waals surface area contributed by atoms with Gasteiger partial charge >= 0.3 is 0 Å². The van der Waals surface area contributed by atoms with Crippen LogP contribution in [0.5, 0.6) is 5.75 Å². The van der Waals surface area contributed by atoms with Crippen molar-refractivity contribution >= 4 is 11.6 Å². The third-order valence-corrected chi connectivity index (χ3v) is 4.53. The number of aromatic nitrogens is 3. The van der Waals surface area contributed by atoms with Crippen molar-refractivity contribution in [2.75, 3.05) is 7.11 Å². The molecule has 1 aromatic carbocycles. The lowest BCUT2D eigenvalue weighted by atomic mass is 10.1. The summed E-state index contributed by atoms with van der Waals surface area (Å²) in [4.78, 5) is 29.1. The number of methoxy groups -OCH3 is 1. The Morgan fingerprint density at radius 3 is 2.74 bits per heavy atom. The number of nitrogens with zero attached hydrogens (tertiary/aromatic N) is 3. The summed E-state index contributed by atoms with van der Waals surface area (Å²) in [6.07, 6.45) is 3.83. The van der Waals surface area contributed by atoms with E-state index >= 15 is 0 Å². The predicted molar refractivity (Wildman–Crippen MR) is 99.6 cm³/mol. The number of amides is 1. The van der Waals surface area contributed by atoms with E-state index in [4.69, 9.17) is 4.74 Å². The van der Waals surface area contributed by atoms with Gasteiger partial charge in [0.05, 0.1) is 12.8 Å². The number of fused-ring (bicyclic) bond motifs is 1. The number of halogens is 1. The smallest absolute Gasteiger partial charge is 0.294 e. The number of rotatable bonds is 5. The third-order valence-electron chi connectivity index (χ3n) is 4.53. The molecule has 0 aliphatic heterocycles. The van der Waals surface area contributed by atoms with E-state index in [1.807, 2.05) is 13.8 Å². The molecule has 3 rings (SSSR count). The maximum absolute atomic E-state index is 14.5. The number of hydrogen-bond acceptors (Lipinski definition) is 4. The third kappa shape index (κ3) is 3.42. The van der Waals surface area contributed by atoms with Gasteiger partial charge in [-0.2, -0.15) is 0 Å². The Morgan fingerprint density at radius 2 is 2.11 bits per heavy atom. The number of benzene rings is 1. The zero-order valence-corrected chi connectivity index (χ0v) is 15.6. The van der Waals surface area contributed by atoms with Crippen molar-refractivity contribution in [3.63, 3.8) is 0 Å². The largest absolute Gasteiger partial charge is 0.497 e. The fraction of sp³-hybridized carbons (Fsp3) is 0.316. The minimum absolute atomic E-state index is 0.00546. The van der Waals surface area contributed by atoms with Gasteiger partial charge in [0.2, 0.25) is 5.65 Å². The predicted octanol–water partition coefficient (Wildman–Crippen LogP) is 2.38. The number of hydrogen-bond donors (Lipinski definition) is 1. The average Bonchev–Trinajstić information content (AvgIpc) is 3.09. The molecule has 27 heavy (non-hydrogen) atoms. The van der Waals surface area contributed by atoms with Crippen molar-refractivity contribution in [2.45, 2.75) is 26.3 Å². The van der Waals surface area contributed by atoms with Crippen molar-refractivity contribution < 1.29 is 13.9 Å². The number of carbonyl (C=O) groups is 1. The number of ether oxygens (including phenoxy) is 1. The van der Waals surface area contributed by atoms with E-state index < -0.39 is 11.4 Å². The first-order valence-electron chi connectivity index (χ1n) is 8.59. The highest BCUT2D eigenvalue weighted by atomic mass is 19.1. The Balaban J connectivity index is 2.10. The molecule has 1 amide bonds. The normalized spacial score (nSPS) is 12.2. The minimum atomic E-state index is -0.515. The van der Waals surface area contributed by atoms with Gasteiger partial charge in [-0.1, -0.05) is 6.92 Å². The van der Waals surface area contributed by atoms with Crippen molar-refractivity contribution in [2.24, 2.45) is 7.05 Å². The second-order valence-electron chi connectivity index (χ2n) is 6.36. The number of nitrogens with one attached hydrogen (secondary N) is 1. The van der Waals surface area contributed by atoms with E-state index in [9.17, 15) is 14.0 Å². The van der Waals surface area contributed by atoms with E-state index in [1.165, 1.54) is 35.4 Å². The summed E-state index contributed by atoms with van der Waals surface area (Å²) in [5.41, 5.74) is 0.421. The van der Waals surface area contributed by atoms with Gasteiger partial charge in [0, 0.05) is 37.1 Å². The van der Waals surface area contributed by atoms with Crippen LogP contribution in [0.4, 0.5) is 4.39 Å². The first kappa shape index (κ1) is 18.6. The summed E-state index contributed by atoms with van der Waals surface area (Å²) < 4.78 is 22.2. The first-order valence-corrected chi connectivity index (χ1v) is 8.59. The fourth-order valence-corrected chi connectivity index (χ4v) is 2.72. The SMILES string of the molecule is CC[C@H](C)NC(=O)c1cn2cc(-c3ccc(OC)cc3F)n(C)c(=O)c2n1. The summed E-state index contributed by atoms with van der Waals surface area (Å²) in [7, 11) is 2.99. The van der Waals surface area contributed by atoms with E-state index in [2.05, 4.69) is 10.3 Å². The molecule has 8 heteroatoms. The molecule has 0 spiro atoms. The lowest BCUT2D eigenvalue weighted by Gasteiger charge is -2.11. The van der Waals surface area contributed by atoms with Gasteiger partial charge in [0.15, 0.2) is 0 Å².